The predicted octanol–water partition coefficient (Wildman–Crippen LogP) is 3.96. The third kappa shape index (κ3) is 2.40. The van der Waals surface area contributed by atoms with Crippen molar-refractivity contribution in [3.8, 4) is 10.4 Å². The Balaban J connectivity index is 2.27. The normalized spacial score (nSPS) is 11.7. The van der Waals surface area contributed by atoms with E-state index in [0.29, 0.717) is 5.57 Å². The van der Waals surface area contributed by atoms with Crippen molar-refractivity contribution in [2.45, 2.75) is 6.92 Å². The van der Waals surface area contributed by atoms with Gasteiger partial charge in [0, 0.05) is 20.9 Å². The van der Waals surface area contributed by atoms with Gasteiger partial charge in [-0.2, -0.15) is 0 Å². The van der Waals surface area contributed by atoms with Gasteiger partial charge in [-0.25, -0.2) is 4.79 Å². The molecule has 0 amide bonds. The summed E-state index contributed by atoms with van der Waals surface area (Å²) < 4.78 is 0. The smallest absolute Gasteiger partial charge is 0.331 e. The minimum atomic E-state index is -0.869. The standard InChI is InChI=1S/C12H10O2S2/c1-8(12(13)14)5-10-6-9(7-16-10)11-3-2-4-15-11/h2-7H,1H3,(H,13,14). The number of rotatable bonds is 3. The van der Waals surface area contributed by atoms with E-state index in [-0.39, 0.29) is 0 Å². The van der Waals surface area contributed by atoms with Crippen LogP contribution in [0.25, 0.3) is 16.5 Å². The highest BCUT2D eigenvalue weighted by atomic mass is 32.1. The molecule has 0 unspecified atom stereocenters. The molecule has 2 heterocycles. The van der Waals surface area contributed by atoms with Crippen molar-refractivity contribution in [1.29, 1.82) is 0 Å². The highest BCUT2D eigenvalue weighted by Gasteiger charge is 2.04. The van der Waals surface area contributed by atoms with Crippen LogP contribution >= 0.6 is 22.7 Å². The van der Waals surface area contributed by atoms with E-state index in [1.807, 2.05) is 22.9 Å². The van der Waals surface area contributed by atoms with Gasteiger partial charge in [0.1, 0.15) is 0 Å². The van der Waals surface area contributed by atoms with Gasteiger partial charge >= 0.3 is 5.97 Å². The summed E-state index contributed by atoms with van der Waals surface area (Å²) in [6.45, 7) is 1.60. The quantitative estimate of drug-likeness (QED) is 0.837. The average molecular weight is 250 g/mol. The van der Waals surface area contributed by atoms with E-state index in [4.69, 9.17) is 5.11 Å². The second kappa shape index (κ2) is 4.63. The van der Waals surface area contributed by atoms with Crippen molar-refractivity contribution < 1.29 is 9.90 Å². The Morgan fingerprint density at radius 3 is 2.88 bits per heavy atom. The molecule has 0 bridgehead atoms. The summed E-state index contributed by atoms with van der Waals surface area (Å²) in [6, 6.07) is 6.09. The van der Waals surface area contributed by atoms with E-state index in [2.05, 4.69) is 6.07 Å². The molecule has 0 aliphatic rings. The Morgan fingerprint density at radius 1 is 1.44 bits per heavy atom. The molecule has 2 aromatic heterocycles. The monoisotopic (exact) mass is 250 g/mol. The van der Waals surface area contributed by atoms with E-state index in [1.165, 1.54) is 4.88 Å². The lowest BCUT2D eigenvalue weighted by molar-refractivity contribution is -0.132. The second-order valence-electron chi connectivity index (χ2n) is 3.35. The molecule has 0 aliphatic heterocycles. The zero-order valence-corrected chi connectivity index (χ0v) is 10.3. The van der Waals surface area contributed by atoms with Gasteiger partial charge in [0.2, 0.25) is 0 Å². The molecule has 2 aromatic rings. The number of thiophene rings is 2. The summed E-state index contributed by atoms with van der Waals surface area (Å²) in [7, 11) is 0. The third-order valence-corrected chi connectivity index (χ3v) is 3.92. The number of hydrogen-bond acceptors (Lipinski definition) is 3. The van der Waals surface area contributed by atoms with Gasteiger partial charge in [0.05, 0.1) is 0 Å². The Kier molecular flexibility index (Phi) is 3.22. The van der Waals surface area contributed by atoms with Crippen molar-refractivity contribution in [2.24, 2.45) is 0 Å². The lowest BCUT2D eigenvalue weighted by atomic mass is 10.2. The number of carboxylic acid groups (broad SMARTS) is 1. The lowest BCUT2D eigenvalue weighted by Gasteiger charge is -1.90. The Labute approximate surface area is 101 Å². The fourth-order valence-corrected chi connectivity index (χ4v) is 2.96. The molecule has 82 valence electrons. The van der Waals surface area contributed by atoms with Crippen LogP contribution in [0.4, 0.5) is 0 Å². The summed E-state index contributed by atoms with van der Waals surface area (Å²) in [6.07, 6.45) is 1.70. The first-order valence-corrected chi connectivity index (χ1v) is 6.47. The first-order valence-electron chi connectivity index (χ1n) is 4.71. The van der Waals surface area contributed by atoms with E-state index in [9.17, 15) is 4.79 Å². The highest BCUT2D eigenvalue weighted by molar-refractivity contribution is 7.15. The molecule has 0 saturated heterocycles. The van der Waals surface area contributed by atoms with E-state index in [1.54, 1.807) is 35.7 Å². The predicted molar refractivity (Wildman–Crippen MR) is 68.9 cm³/mol. The first kappa shape index (κ1) is 11.1. The van der Waals surface area contributed by atoms with E-state index < -0.39 is 5.97 Å². The molecule has 0 fully saturated rings. The van der Waals surface area contributed by atoms with Crippen molar-refractivity contribution in [3.05, 3.63) is 39.4 Å². The Bertz CT molecular complexity index is 521. The van der Waals surface area contributed by atoms with Crippen LogP contribution in [0, 0.1) is 0 Å². The maximum absolute atomic E-state index is 10.7. The van der Waals surface area contributed by atoms with Gasteiger partial charge in [0.15, 0.2) is 0 Å². The van der Waals surface area contributed by atoms with Crippen molar-refractivity contribution in [3.63, 3.8) is 0 Å². The maximum atomic E-state index is 10.7. The molecular weight excluding hydrogens is 240 g/mol. The van der Waals surface area contributed by atoms with Gasteiger partial charge in [-0.05, 0) is 35.9 Å². The maximum Gasteiger partial charge on any atom is 0.331 e. The summed E-state index contributed by atoms with van der Waals surface area (Å²) in [5.41, 5.74) is 1.52. The van der Waals surface area contributed by atoms with Crippen LogP contribution < -0.4 is 0 Å². The molecule has 1 N–H and O–H groups in total. The van der Waals surface area contributed by atoms with Crippen LogP contribution in [-0.2, 0) is 4.79 Å². The third-order valence-electron chi connectivity index (χ3n) is 2.12. The molecule has 16 heavy (non-hydrogen) atoms. The van der Waals surface area contributed by atoms with Crippen molar-refractivity contribution in [2.75, 3.05) is 0 Å². The first-order chi connectivity index (χ1) is 7.66. The Morgan fingerprint density at radius 2 is 2.25 bits per heavy atom. The molecule has 0 aromatic carbocycles. The van der Waals surface area contributed by atoms with Crippen molar-refractivity contribution in [1.82, 2.24) is 0 Å². The number of carboxylic acids is 1. The van der Waals surface area contributed by atoms with Crippen LogP contribution in [0.5, 0.6) is 0 Å². The summed E-state index contributed by atoms with van der Waals surface area (Å²) >= 11 is 3.24. The van der Waals surface area contributed by atoms with Crippen LogP contribution in [0.3, 0.4) is 0 Å². The van der Waals surface area contributed by atoms with E-state index >= 15 is 0 Å². The minimum absolute atomic E-state index is 0.361. The van der Waals surface area contributed by atoms with Crippen molar-refractivity contribution >= 4 is 34.7 Å². The zero-order chi connectivity index (χ0) is 11.5. The molecule has 0 atom stereocenters. The zero-order valence-electron chi connectivity index (χ0n) is 8.64. The number of hydrogen-bond donors (Lipinski definition) is 1. The van der Waals surface area contributed by atoms with Crippen LogP contribution in [0.2, 0.25) is 0 Å². The fourth-order valence-electron chi connectivity index (χ4n) is 1.28. The van der Waals surface area contributed by atoms with Gasteiger partial charge in [-0.15, -0.1) is 22.7 Å². The largest absolute Gasteiger partial charge is 0.478 e. The molecule has 4 heteroatoms. The van der Waals surface area contributed by atoms with Gasteiger partial charge < -0.3 is 5.11 Å². The molecular formula is C12H10O2S2. The topological polar surface area (TPSA) is 37.3 Å². The molecule has 0 aliphatic carbocycles. The molecule has 2 rings (SSSR count). The molecule has 0 spiro atoms. The molecule has 0 saturated carbocycles. The Hall–Kier alpha value is -1.39. The summed E-state index contributed by atoms with van der Waals surface area (Å²) in [4.78, 5) is 12.9. The number of carbonyl (C=O) groups is 1. The van der Waals surface area contributed by atoms with Crippen LogP contribution in [0.1, 0.15) is 11.8 Å². The van der Waals surface area contributed by atoms with E-state index in [0.717, 1.165) is 10.4 Å². The highest BCUT2D eigenvalue weighted by Crippen LogP contribution is 2.30. The van der Waals surface area contributed by atoms with Gasteiger partial charge in [0.25, 0.3) is 0 Å². The molecule has 2 nitrogen and oxygen atoms in total. The van der Waals surface area contributed by atoms with Gasteiger partial charge in [-0.1, -0.05) is 6.07 Å². The summed E-state index contributed by atoms with van der Waals surface area (Å²) in [5, 5.41) is 12.9. The van der Waals surface area contributed by atoms with Crippen LogP contribution in [-0.4, -0.2) is 11.1 Å². The lowest BCUT2D eigenvalue weighted by Crippen LogP contribution is -1.94. The average Bonchev–Trinajstić information content (AvgIpc) is 2.85. The SMILES string of the molecule is CC(=Cc1cc(-c2cccs2)cs1)C(=O)O. The fraction of sp³-hybridized carbons (Fsp3) is 0.0833. The minimum Gasteiger partial charge on any atom is -0.478 e. The van der Waals surface area contributed by atoms with Crippen LogP contribution in [0.15, 0.2) is 34.5 Å². The second-order valence-corrected chi connectivity index (χ2v) is 5.24. The van der Waals surface area contributed by atoms with Gasteiger partial charge in [-0.3, -0.25) is 0 Å². The molecule has 0 radical (unpaired) electrons. The summed E-state index contributed by atoms with van der Waals surface area (Å²) in [5.74, 6) is -0.869. The number of aliphatic carboxylic acids is 1.